The topological polar surface area (TPSA) is 45.1 Å². The molecule has 1 aliphatic carbocycles. The quantitative estimate of drug-likeness (QED) is 0.688. The Morgan fingerprint density at radius 3 is 3.05 bits per heavy atom. The summed E-state index contributed by atoms with van der Waals surface area (Å²) in [6.07, 6.45) is 4.02. The highest BCUT2D eigenvalue weighted by Crippen LogP contribution is 2.48. The van der Waals surface area contributed by atoms with Crippen molar-refractivity contribution in [3.63, 3.8) is 0 Å². The van der Waals surface area contributed by atoms with Crippen molar-refractivity contribution in [3.05, 3.63) is 29.8 Å². The highest BCUT2D eigenvalue weighted by atomic mass is 16.5. The summed E-state index contributed by atoms with van der Waals surface area (Å²) in [5.74, 6) is 1.54. The lowest BCUT2D eigenvalue weighted by molar-refractivity contribution is 0.0835. The van der Waals surface area contributed by atoms with Crippen LogP contribution in [0.25, 0.3) is 0 Å². The van der Waals surface area contributed by atoms with Gasteiger partial charge in [-0.05, 0) is 62.4 Å². The van der Waals surface area contributed by atoms with Gasteiger partial charge in [0.05, 0.1) is 12.8 Å². The molecule has 2 fully saturated rings. The van der Waals surface area contributed by atoms with E-state index in [0.717, 1.165) is 56.8 Å². The van der Waals surface area contributed by atoms with E-state index in [0.29, 0.717) is 5.92 Å². The van der Waals surface area contributed by atoms with Crippen LogP contribution in [0.2, 0.25) is 0 Å². The maximum atomic E-state index is 9.29. The third kappa shape index (κ3) is 2.60. The van der Waals surface area contributed by atoms with Gasteiger partial charge in [0, 0.05) is 12.0 Å². The number of nitrogens with zero attached hydrogens (tertiary/aromatic N) is 2. The highest BCUT2D eigenvalue weighted by molar-refractivity contribution is 5.86. The number of fused-ring (bicyclic) bond motifs is 1. The monoisotopic (exact) mass is 302 g/mol. The Morgan fingerprint density at radius 1 is 1.45 bits per heavy atom. The van der Waals surface area contributed by atoms with Gasteiger partial charge in [-0.15, -0.1) is 0 Å². The zero-order chi connectivity index (χ0) is 15.6. The SMILES string of the molecule is CCN1CC[C@@]2(c3cccc(OC)c3)C/C(=N/O)CC[C@@H]2C1. The van der Waals surface area contributed by atoms with E-state index >= 15 is 0 Å². The van der Waals surface area contributed by atoms with E-state index in [1.165, 1.54) is 5.56 Å². The fraction of sp³-hybridized carbons (Fsp3) is 0.611. The lowest BCUT2D eigenvalue weighted by Crippen LogP contribution is -2.52. The molecule has 0 amide bonds. The summed E-state index contributed by atoms with van der Waals surface area (Å²) in [6.45, 7) is 5.61. The molecule has 2 atom stereocenters. The van der Waals surface area contributed by atoms with Crippen molar-refractivity contribution in [2.45, 2.75) is 38.0 Å². The first-order valence-corrected chi connectivity index (χ1v) is 8.28. The number of ether oxygens (including phenoxy) is 1. The number of rotatable bonds is 3. The Morgan fingerprint density at radius 2 is 2.32 bits per heavy atom. The lowest BCUT2D eigenvalue weighted by Gasteiger charge is -2.51. The fourth-order valence-corrected chi connectivity index (χ4v) is 4.32. The second kappa shape index (κ2) is 6.29. The molecule has 1 heterocycles. The Bertz CT molecular complexity index is 558. The van der Waals surface area contributed by atoms with Crippen LogP contribution >= 0.6 is 0 Å². The van der Waals surface area contributed by atoms with E-state index in [2.05, 4.69) is 35.2 Å². The Kier molecular flexibility index (Phi) is 4.39. The van der Waals surface area contributed by atoms with Crippen LogP contribution in [0.4, 0.5) is 0 Å². The molecule has 1 saturated heterocycles. The standard InChI is InChI=1S/C18H26N2O2/c1-3-20-10-9-18(14-5-4-6-17(11-14)22-2)12-16(19-21)8-7-15(18)13-20/h4-6,11,15,21H,3,7-10,12-13H2,1-2H3/b19-16+/t15-,18+/m1/s1. The highest BCUT2D eigenvalue weighted by Gasteiger charge is 2.47. The molecule has 0 bridgehead atoms. The normalized spacial score (nSPS) is 31.0. The van der Waals surface area contributed by atoms with Gasteiger partial charge in [0.1, 0.15) is 5.75 Å². The maximum absolute atomic E-state index is 9.29. The summed E-state index contributed by atoms with van der Waals surface area (Å²) in [5.41, 5.74) is 2.39. The van der Waals surface area contributed by atoms with E-state index in [9.17, 15) is 5.21 Å². The van der Waals surface area contributed by atoms with Crippen LogP contribution in [0.15, 0.2) is 29.4 Å². The third-order valence-electron chi connectivity index (χ3n) is 5.67. The van der Waals surface area contributed by atoms with Crippen molar-refractivity contribution in [2.75, 3.05) is 26.7 Å². The van der Waals surface area contributed by atoms with Crippen molar-refractivity contribution in [2.24, 2.45) is 11.1 Å². The summed E-state index contributed by atoms with van der Waals surface area (Å²) < 4.78 is 5.43. The fourth-order valence-electron chi connectivity index (χ4n) is 4.32. The molecule has 22 heavy (non-hydrogen) atoms. The van der Waals surface area contributed by atoms with Crippen molar-refractivity contribution < 1.29 is 9.94 Å². The van der Waals surface area contributed by atoms with Crippen molar-refractivity contribution in [1.82, 2.24) is 4.90 Å². The van der Waals surface area contributed by atoms with Gasteiger partial charge >= 0.3 is 0 Å². The molecule has 0 aromatic heterocycles. The van der Waals surface area contributed by atoms with E-state index in [1.54, 1.807) is 7.11 Å². The average Bonchev–Trinajstić information content (AvgIpc) is 2.60. The van der Waals surface area contributed by atoms with Gasteiger partial charge in [0.2, 0.25) is 0 Å². The first-order chi connectivity index (χ1) is 10.7. The third-order valence-corrected chi connectivity index (χ3v) is 5.67. The second-order valence-corrected chi connectivity index (χ2v) is 6.61. The van der Waals surface area contributed by atoms with Crippen molar-refractivity contribution in [3.8, 4) is 5.75 Å². The summed E-state index contributed by atoms with van der Waals surface area (Å²) in [7, 11) is 1.72. The van der Waals surface area contributed by atoms with Gasteiger partial charge in [-0.25, -0.2) is 0 Å². The number of oxime groups is 1. The molecule has 4 nitrogen and oxygen atoms in total. The zero-order valence-corrected chi connectivity index (χ0v) is 13.6. The first-order valence-electron chi connectivity index (χ1n) is 8.28. The smallest absolute Gasteiger partial charge is 0.119 e. The van der Waals surface area contributed by atoms with Crippen molar-refractivity contribution in [1.29, 1.82) is 0 Å². The number of benzene rings is 1. The molecule has 1 aromatic carbocycles. The van der Waals surface area contributed by atoms with Gasteiger partial charge < -0.3 is 14.8 Å². The Hall–Kier alpha value is -1.55. The molecule has 0 spiro atoms. The van der Waals surface area contributed by atoms with Crippen LogP contribution in [0.3, 0.4) is 0 Å². The van der Waals surface area contributed by atoms with Crippen LogP contribution < -0.4 is 4.74 Å². The predicted octanol–water partition coefficient (Wildman–Crippen LogP) is 3.29. The Labute approximate surface area is 132 Å². The minimum Gasteiger partial charge on any atom is -0.497 e. The summed E-state index contributed by atoms with van der Waals surface area (Å²) in [4.78, 5) is 2.55. The molecule has 0 radical (unpaired) electrons. The van der Waals surface area contributed by atoms with Crippen LogP contribution in [-0.4, -0.2) is 42.6 Å². The van der Waals surface area contributed by atoms with Gasteiger partial charge in [0.25, 0.3) is 0 Å². The minimum atomic E-state index is 0.0972. The molecule has 1 aromatic rings. The van der Waals surface area contributed by atoms with E-state index in [1.807, 2.05) is 6.07 Å². The number of likely N-dealkylation sites (tertiary alicyclic amines) is 1. The summed E-state index contributed by atoms with van der Waals surface area (Å²) in [5, 5.41) is 12.9. The molecule has 2 aliphatic rings. The van der Waals surface area contributed by atoms with Gasteiger partial charge in [-0.2, -0.15) is 0 Å². The van der Waals surface area contributed by atoms with Crippen LogP contribution in [0.5, 0.6) is 5.75 Å². The summed E-state index contributed by atoms with van der Waals surface area (Å²) >= 11 is 0. The van der Waals surface area contributed by atoms with Crippen LogP contribution in [0.1, 0.15) is 38.2 Å². The van der Waals surface area contributed by atoms with Gasteiger partial charge in [0.15, 0.2) is 0 Å². The van der Waals surface area contributed by atoms with Crippen LogP contribution in [-0.2, 0) is 5.41 Å². The molecule has 3 rings (SSSR count). The van der Waals surface area contributed by atoms with E-state index < -0.39 is 0 Å². The van der Waals surface area contributed by atoms with Gasteiger partial charge in [-0.3, -0.25) is 0 Å². The lowest BCUT2D eigenvalue weighted by atomic mass is 9.58. The molecule has 1 N–H and O–H groups in total. The van der Waals surface area contributed by atoms with E-state index in [-0.39, 0.29) is 5.41 Å². The molecule has 1 aliphatic heterocycles. The number of hydrogen-bond donors (Lipinski definition) is 1. The largest absolute Gasteiger partial charge is 0.497 e. The Balaban J connectivity index is 1.99. The van der Waals surface area contributed by atoms with Crippen molar-refractivity contribution >= 4 is 5.71 Å². The van der Waals surface area contributed by atoms with E-state index in [4.69, 9.17) is 4.74 Å². The number of hydrogen-bond acceptors (Lipinski definition) is 4. The molecule has 0 unspecified atom stereocenters. The minimum absolute atomic E-state index is 0.0972. The predicted molar refractivity (Wildman–Crippen MR) is 88.0 cm³/mol. The molecule has 4 heteroatoms. The number of piperidine rings is 1. The average molecular weight is 302 g/mol. The maximum Gasteiger partial charge on any atom is 0.119 e. The summed E-state index contributed by atoms with van der Waals surface area (Å²) in [6, 6.07) is 8.48. The molecular formula is C18H26N2O2. The zero-order valence-electron chi connectivity index (χ0n) is 13.6. The van der Waals surface area contributed by atoms with Gasteiger partial charge in [-0.1, -0.05) is 24.2 Å². The molecule has 120 valence electrons. The number of methoxy groups -OCH3 is 1. The second-order valence-electron chi connectivity index (χ2n) is 6.61. The molecular weight excluding hydrogens is 276 g/mol. The van der Waals surface area contributed by atoms with Crippen LogP contribution in [0, 0.1) is 5.92 Å². The first kappa shape index (κ1) is 15.3. The molecule has 1 saturated carbocycles.